The molecule has 0 radical (unpaired) electrons. The van der Waals surface area contributed by atoms with Crippen LogP contribution in [0.15, 0.2) is 40.4 Å². The molecule has 0 unspecified atom stereocenters. The second-order valence-corrected chi connectivity index (χ2v) is 6.14. The summed E-state index contributed by atoms with van der Waals surface area (Å²) in [6.45, 7) is 1.95. The van der Waals surface area contributed by atoms with Crippen molar-refractivity contribution in [1.82, 2.24) is 14.7 Å². The Morgan fingerprint density at radius 1 is 1.24 bits per heavy atom. The number of nitrogens with zero attached hydrogens (tertiary/aromatic N) is 3. The first-order chi connectivity index (χ1) is 12.0. The highest BCUT2D eigenvalue weighted by molar-refractivity contribution is 7.98. The molecule has 0 aliphatic rings. The molecule has 0 aliphatic carbocycles. The monoisotopic (exact) mass is 373 g/mol. The summed E-state index contributed by atoms with van der Waals surface area (Å²) in [4.78, 5) is 26.6. The Bertz CT molecular complexity index is 999. The van der Waals surface area contributed by atoms with Crippen LogP contribution in [0.2, 0.25) is 5.02 Å². The van der Waals surface area contributed by atoms with Crippen LogP contribution in [0.3, 0.4) is 0 Å². The molecule has 7 heteroatoms. The minimum Gasteiger partial charge on any atom is -0.412 e. The molecular weight excluding hydrogens is 358 g/mol. The zero-order chi connectivity index (χ0) is 18.6. The van der Waals surface area contributed by atoms with E-state index in [2.05, 4.69) is 22.8 Å². The third-order valence-corrected chi connectivity index (χ3v) is 4.34. The lowest BCUT2D eigenvalue weighted by atomic mass is 10.0. The minimum absolute atomic E-state index is 0.309. The average molecular weight is 374 g/mol. The van der Waals surface area contributed by atoms with Crippen molar-refractivity contribution < 1.29 is 4.84 Å². The van der Waals surface area contributed by atoms with Crippen molar-refractivity contribution in [2.75, 3.05) is 13.4 Å². The molecule has 1 aromatic carbocycles. The molecule has 0 atom stereocenters. The van der Waals surface area contributed by atoms with Gasteiger partial charge in [0.25, 0.3) is 5.56 Å². The lowest BCUT2D eigenvalue weighted by Gasteiger charge is -2.12. The van der Waals surface area contributed by atoms with Gasteiger partial charge in [-0.25, -0.2) is 9.97 Å². The predicted octanol–water partition coefficient (Wildman–Crippen LogP) is 3.45. The second kappa shape index (κ2) is 8.06. The van der Waals surface area contributed by atoms with Gasteiger partial charge in [-0.15, -0.1) is 17.6 Å². The van der Waals surface area contributed by atoms with Gasteiger partial charge in [-0.1, -0.05) is 35.5 Å². The van der Waals surface area contributed by atoms with Crippen LogP contribution in [-0.4, -0.2) is 28.1 Å². The molecule has 0 amide bonds. The lowest BCUT2D eigenvalue weighted by Crippen LogP contribution is -2.27. The molecule has 0 spiro atoms. The fraction of sp³-hybridized carbons (Fsp3) is 0.167. The van der Waals surface area contributed by atoms with Crippen molar-refractivity contribution in [3.63, 3.8) is 0 Å². The van der Waals surface area contributed by atoms with Crippen molar-refractivity contribution in [3.8, 4) is 24.0 Å². The van der Waals surface area contributed by atoms with E-state index in [9.17, 15) is 4.79 Å². The number of benzene rings is 1. The zero-order valence-electron chi connectivity index (χ0n) is 14.0. The van der Waals surface area contributed by atoms with E-state index in [4.69, 9.17) is 16.4 Å². The third-order valence-electron chi connectivity index (χ3n) is 3.46. The number of aromatic nitrogens is 3. The third kappa shape index (κ3) is 3.63. The molecule has 3 aromatic rings. The molecule has 0 saturated carbocycles. The first kappa shape index (κ1) is 18.8. The molecule has 5 nitrogen and oxygen atoms in total. The van der Waals surface area contributed by atoms with Crippen LogP contribution in [0.25, 0.3) is 22.2 Å². The number of pyridine rings is 1. The number of hydrogen-bond donors (Lipinski definition) is 0. The Kier molecular flexibility index (Phi) is 6.07. The predicted molar refractivity (Wildman–Crippen MR) is 103 cm³/mol. The van der Waals surface area contributed by atoms with Gasteiger partial charge in [0.15, 0.2) is 10.8 Å². The van der Waals surface area contributed by atoms with Gasteiger partial charge in [0.1, 0.15) is 7.11 Å². The van der Waals surface area contributed by atoms with Gasteiger partial charge in [0.2, 0.25) is 0 Å². The van der Waals surface area contributed by atoms with E-state index in [1.165, 1.54) is 23.6 Å². The molecular formula is C18H16ClN3O2S. The van der Waals surface area contributed by atoms with Gasteiger partial charge in [-0.2, -0.15) is 0 Å². The Balaban J connectivity index is 0.00000109. The van der Waals surface area contributed by atoms with Crippen LogP contribution < -0.4 is 10.4 Å². The fourth-order valence-corrected chi connectivity index (χ4v) is 3.03. The van der Waals surface area contributed by atoms with Gasteiger partial charge in [0.05, 0.1) is 5.56 Å². The summed E-state index contributed by atoms with van der Waals surface area (Å²) in [5.74, 6) is 0. The summed E-state index contributed by atoms with van der Waals surface area (Å²) in [7, 11) is 1.43. The first-order valence-corrected chi connectivity index (χ1v) is 8.76. The zero-order valence-corrected chi connectivity index (χ0v) is 15.6. The summed E-state index contributed by atoms with van der Waals surface area (Å²) in [5.41, 5.74) is 2.26. The fourth-order valence-electron chi connectivity index (χ4n) is 2.35. The Hall–Kier alpha value is -2.49. The number of halogens is 1. The topological polar surface area (TPSA) is 57.0 Å². The molecule has 2 heterocycles. The molecule has 0 aliphatic heterocycles. The molecule has 0 bridgehead atoms. The molecule has 0 fully saturated rings. The van der Waals surface area contributed by atoms with Crippen molar-refractivity contribution in [3.05, 3.63) is 51.4 Å². The molecule has 128 valence electrons. The van der Waals surface area contributed by atoms with E-state index in [-0.39, 0.29) is 5.56 Å². The highest BCUT2D eigenvalue weighted by Crippen LogP contribution is 2.28. The number of thioether (sulfide) groups is 1. The van der Waals surface area contributed by atoms with Gasteiger partial charge >= 0.3 is 0 Å². The normalized spacial score (nSPS) is 10.2. The van der Waals surface area contributed by atoms with Crippen LogP contribution in [0.1, 0.15) is 5.56 Å². The SMILES string of the molecule is C#C.COn1c(=O)c(-c2ccc(C)cc2Cl)cc2cnc(SC)nc21. The molecule has 25 heavy (non-hydrogen) atoms. The minimum atomic E-state index is -0.309. The smallest absolute Gasteiger partial charge is 0.293 e. The van der Waals surface area contributed by atoms with E-state index < -0.39 is 0 Å². The average Bonchev–Trinajstić information content (AvgIpc) is 2.63. The molecule has 0 N–H and O–H groups in total. The van der Waals surface area contributed by atoms with E-state index >= 15 is 0 Å². The first-order valence-electron chi connectivity index (χ1n) is 7.16. The van der Waals surface area contributed by atoms with Gasteiger partial charge in [-0.3, -0.25) is 4.79 Å². The highest BCUT2D eigenvalue weighted by Gasteiger charge is 2.15. The Labute approximate surface area is 155 Å². The number of aryl methyl sites for hydroxylation is 1. The van der Waals surface area contributed by atoms with Crippen molar-refractivity contribution >= 4 is 34.4 Å². The largest absolute Gasteiger partial charge is 0.412 e. The molecule has 0 saturated heterocycles. The lowest BCUT2D eigenvalue weighted by molar-refractivity contribution is 0.167. The van der Waals surface area contributed by atoms with Crippen LogP contribution >= 0.6 is 23.4 Å². The summed E-state index contributed by atoms with van der Waals surface area (Å²) in [5, 5.41) is 1.80. The molecule has 2 aromatic heterocycles. The van der Waals surface area contributed by atoms with Crippen molar-refractivity contribution in [2.45, 2.75) is 12.1 Å². The van der Waals surface area contributed by atoms with E-state index in [1.807, 2.05) is 31.4 Å². The maximum atomic E-state index is 12.8. The number of fused-ring (bicyclic) bond motifs is 1. The van der Waals surface area contributed by atoms with Crippen molar-refractivity contribution in [1.29, 1.82) is 0 Å². The summed E-state index contributed by atoms with van der Waals surface area (Å²) >= 11 is 7.71. The van der Waals surface area contributed by atoms with Crippen LogP contribution in [0.4, 0.5) is 0 Å². The van der Waals surface area contributed by atoms with Gasteiger partial charge in [-0.05, 0) is 30.9 Å². The van der Waals surface area contributed by atoms with E-state index in [1.54, 1.807) is 12.3 Å². The van der Waals surface area contributed by atoms with Crippen LogP contribution in [-0.2, 0) is 0 Å². The quantitative estimate of drug-likeness (QED) is 0.400. The Morgan fingerprint density at radius 3 is 2.56 bits per heavy atom. The summed E-state index contributed by atoms with van der Waals surface area (Å²) in [6, 6.07) is 7.31. The number of hydrogen-bond acceptors (Lipinski definition) is 5. The number of rotatable bonds is 3. The number of terminal acetylenes is 1. The second-order valence-electron chi connectivity index (χ2n) is 4.96. The van der Waals surface area contributed by atoms with Gasteiger partial charge in [0, 0.05) is 22.2 Å². The highest BCUT2D eigenvalue weighted by atomic mass is 35.5. The molecule has 3 rings (SSSR count). The maximum Gasteiger partial charge on any atom is 0.293 e. The van der Waals surface area contributed by atoms with E-state index in [0.717, 1.165) is 5.56 Å². The summed E-state index contributed by atoms with van der Waals surface area (Å²) < 4.78 is 1.17. The van der Waals surface area contributed by atoms with E-state index in [0.29, 0.717) is 32.3 Å². The van der Waals surface area contributed by atoms with Crippen LogP contribution in [0, 0.1) is 19.8 Å². The summed E-state index contributed by atoms with van der Waals surface area (Å²) in [6.07, 6.45) is 11.5. The van der Waals surface area contributed by atoms with Gasteiger partial charge < -0.3 is 4.84 Å². The Morgan fingerprint density at radius 2 is 1.96 bits per heavy atom. The maximum absolute atomic E-state index is 12.8. The standard InChI is InChI=1S/C16H14ClN3O2S.C2H2/c1-9-4-5-11(13(17)6-9)12-7-10-8-18-16(23-3)19-14(10)20(22-2)15(12)21;1-2/h4-8H,1-3H3;1-2H. The van der Waals surface area contributed by atoms with Crippen LogP contribution in [0.5, 0.6) is 0 Å². The van der Waals surface area contributed by atoms with Crippen molar-refractivity contribution in [2.24, 2.45) is 0 Å².